The first-order chi connectivity index (χ1) is 12.3. The third kappa shape index (κ3) is 3.87. The van der Waals surface area contributed by atoms with Crippen LogP contribution < -0.4 is 5.32 Å². The maximum absolute atomic E-state index is 12.5. The maximum Gasteiger partial charge on any atom is 0.234 e. The summed E-state index contributed by atoms with van der Waals surface area (Å²) in [5.74, 6) is 0.122. The van der Waals surface area contributed by atoms with Gasteiger partial charge in [-0.15, -0.1) is 34.0 Å². The normalized spacial score (nSPS) is 17.4. The lowest BCUT2D eigenvalue weighted by atomic mass is 9.98. The quantitative estimate of drug-likeness (QED) is 0.687. The summed E-state index contributed by atoms with van der Waals surface area (Å²) < 4.78 is 0. The molecule has 0 spiro atoms. The standard InChI is InChI=1S/C19H20N2OS3/c22-18(20-8-5-14-3-1-10-23-14)13-21-9-6-16-15(7-12-25-16)19(21)17-4-2-11-24-17/h1-4,7,10-12,19H,5-6,8-9,13H2,(H,20,22)/t19-/m0/s1. The van der Waals surface area contributed by atoms with Gasteiger partial charge >= 0.3 is 0 Å². The van der Waals surface area contributed by atoms with Crippen molar-refractivity contribution in [3.8, 4) is 0 Å². The fraction of sp³-hybridized carbons (Fsp3) is 0.316. The molecule has 0 unspecified atom stereocenters. The van der Waals surface area contributed by atoms with Crippen LogP contribution in [0.3, 0.4) is 0 Å². The van der Waals surface area contributed by atoms with E-state index in [1.807, 2.05) is 11.3 Å². The lowest BCUT2D eigenvalue weighted by Crippen LogP contribution is -2.42. The molecule has 4 heterocycles. The first-order valence-corrected chi connectivity index (χ1v) is 11.1. The fourth-order valence-electron chi connectivity index (χ4n) is 3.34. The second-order valence-electron chi connectivity index (χ2n) is 6.12. The lowest BCUT2D eigenvalue weighted by molar-refractivity contribution is -0.122. The number of carbonyl (C=O) groups excluding carboxylic acids is 1. The molecule has 130 valence electrons. The summed E-state index contributed by atoms with van der Waals surface area (Å²) in [5.41, 5.74) is 1.38. The van der Waals surface area contributed by atoms with E-state index in [9.17, 15) is 4.79 Å². The van der Waals surface area contributed by atoms with E-state index in [-0.39, 0.29) is 11.9 Å². The predicted octanol–water partition coefficient (Wildman–Crippen LogP) is 4.18. The summed E-state index contributed by atoms with van der Waals surface area (Å²) in [7, 11) is 0. The molecule has 0 saturated carbocycles. The highest BCUT2D eigenvalue weighted by Crippen LogP contribution is 2.39. The molecule has 4 rings (SSSR count). The van der Waals surface area contributed by atoms with Crippen molar-refractivity contribution < 1.29 is 4.79 Å². The highest BCUT2D eigenvalue weighted by Gasteiger charge is 2.31. The number of hydrogen-bond donors (Lipinski definition) is 1. The van der Waals surface area contributed by atoms with Crippen LogP contribution in [0.15, 0.2) is 46.5 Å². The maximum atomic E-state index is 12.5. The summed E-state index contributed by atoms with van der Waals surface area (Å²) in [6.45, 7) is 2.11. The Morgan fingerprint density at radius 1 is 1.12 bits per heavy atom. The number of carbonyl (C=O) groups is 1. The van der Waals surface area contributed by atoms with Gasteiger partial charge in [-0.05, 0) is 52.7 Å². The third-order valence-electron chi connectivity index (χ3n) is 4.50. The van der Waals surface area contributed by atoms with E-state index in [0.29, 0.717) is 13.1 Å². The second kappa shape index (κ2) is 7.83. The van der Waals surface area contributed by atoms with Gasteiger partial charge in [0.2, 0.25) is 5.91 Å². The van der Waals surface area contributed by atoms with E-state index in [1.54, 1.807) is 22.7 Å². The molecular weight excluding hydrogens is 368 g/mol. The smallest absolute Gasteiger partial charge is 0.234 e. The molecule has 1 aliphatic heterocycles. The molecule has 1 atom stereocenters. The van der Waals surface area contributed by atoms with Crippen molar-refractivity contribution in [2.45, 2.75) is 18.9 Å². The van der Waals surface area contributed by atoms with Gasteiger partial charge in [0.15, 0.2) is 0 Å². The molecule has 3 nitrogen and oxygen atoms in total. The molecule has 0 fully saturated rings. The van der Waals surface area contributed by atoms with Crippen molar-refractivity contribution in [3.05, 3.63) is 66.7 Å². The molecule has 0 aliphatic carbocycles. The van der Waals surface area contributed by atoms with Crippen LogP contribution >= 0.6 is 34.0 Å². The van der Waals surface area contributed by atoms with Crippen LogP contribution in [0.2, 0.25) is 0 Å². The van der Waals surface area contributed by atoms with Crippen LogP contribution in [-0.4, -0.2) is 30.4 Å². The van der Waals surface area contributed by atoms with Crippen LogP contribution in [0, 0.1) is 0 Å². The van der Waals surface area contributed by atoms with Gasteiger partial charge in [0.25, 0.3) is 0 Å². The van der Waals surface area contributed by atoms with Gasteiger partial charge < -0.3 is 5.32 Å². The Labute approximate surface area is 159 Å². The molecule has 25 heavy (non-hydrogen) atoms. The molecule has 1 amide bonds. The number of rotatable bonds is 6. The van der Waals surface area contributed by atoms with Crippen LogP contribution in [0.4, 0.5) is 0 Å². The Kier molecular flexibility index (Phi) is 5.31. The molecule has 3 aromatic heterocycles. The highest BCUT2D eigenvalue weighted by atomic mass is 32.1. The third-order valence-corrected chi connectivity index (χ3v) is 7.36. The number of amides is 1. The number of fused-ring (bicyclic) bond motifs is 1. The monoisotopic (exact) mass is 388 g/mol. The fourth-order valence-corrected chi connectivity index (χ4v) is 5.83. The Morgan fingerprint density at radius 3 is 2.80 bits per heavy atom. The molecule has 1 N–H and O–H groups in total. The number of hydrogen-bond acceptors (Lipinski definition) is 5. The van der Waals surface area contributed by atoms with Crippen LogP contribution in [0.25, 0.3) is 0 Å². The Balaban J connectivity index is 1.41. The Hall–Kier alpha value is -1.47. The van der Waals surface area contributed by atoms with Crippen molar-refractivity contribution in [2.75, 3.05) is 19.6 Å². The zero-order valence-corrected chi connectivity index (χ0v) is 16.3. The van der Waals surface area contributed by atoms with E-state index >= 15 is 0 Å². The predicted molar refractivity (Wildman–Crippen MR) is 107 cm³/mol. The largest absolute Gasteiger partial charge is 0.355 e. The highest BCUT2D eigenvalue weighted by molar-refractivity contribution is 7.10. The topological polar surface area (TPSA) is 32.3 Å². The van der Waals surface area contributed by atoms with Gasteiger partial charge in [-0.1, -0.05) is 12.1 Å². The van der Waals surface area contributed by atoms with Crippen molar-refractivity contribution in [3.63, 3.8) is 0 Å². The van der Waals surface area contributed by atoms with Crippen molar-refractivity contribution in [1.29, 1.82) is 0 Å². The molecule has 3 aromatic rings. The minimum absolute atomic E-state index is 0.122. The first kappa shape index (κ1) is 17.0. The van der Waals surface area contributed by atoms with Gasteiger partial charge in [-0.25, -0.2) is 0 Å². The molecule has 6 heteroatoms. The molecular formula is C19H20N2OS3. The van der Waals surface area contributed by atoms with E-state index in [2.05, 4.69) is 56.7 Å². The minimum atomic E-state index is 0.122. The zero-order valence-electron chi connectivity index (χ0n) is 13.8. The average molecular weight is 389 g/mol. The van der Waals surface area contributed by atoms with Crippen LogP contribution in [-0.2, 0) is 17.6 Å². The Bertz CT molecular complexity index is 808. The molecule has 0 aromatic carbocycles. The van der Waals surface area contributed by atoms with Gasteiger partial charge in [0.05, 0.1) is 12.6 Å². The summed E-state index contributed by atoms with van der Waals surface area (Å²) in [6.07, 6.45) is 1.95. The SMILES string of the molecule is O=C(CN1CCc2sccc2[C@H]1c1cccs1)NCCc1cccs1. The molecule has 0 saturated heterocycles. The van der Waals surface area contributed by atoms with Gasteiger partial charge in [-0.2, -0.15) is 0 Å². The zero-order chi connectivity index (χ0) is 17.1. The number of thiophene rings is 3. The summed E-state index contributed by atoms with van der Waals surface area (Å²) in [5, 5.41) is 9.46. The number of nitrogens with zero attached hydrogens (tertiary/aromatic N) is 1. The van der Waals surface area contributed by atoms with Crippen molar-refractivity contribution >= 4 is 39.9 Å². The molecule has 1 aliphatic rings. The van der Waals surface area contributed by atoms with Gasteiger partial charge in [0, 0.05) is 27.7 Å². The average Bonchev–Trinajstić information content (AvgIpc) is 3.37. The summed E-state index contributed by atoms with van der Waals surface area (Å²) in [4.78, 5) is 18.9. The summed E-state index contributed by atoms with van der Waals surface area (Å²) in [6, 6.07) is 10.9. The van der Waals surface area contributed by atoms with Crippen molar-refractivity contribution in [1.82, 2.24) is 10.2 Å². The van der Waals surface area contributed by atoms with Crippen LogP contribution in [0.1, 0.15) is 26.2 Å². The van der Waals surface area contributed by atoms with Crippen molar-refractivity contribution in [2.24, 2.45) is 0 Å². The minimum Gasteiger partial charge on any atom is -0.355 e. The lowest BCUT2D eigenvalue weighted by Gasteiger charge is -2.34. The van der Waals surface area contributed by atoms with E-state index in [0.717, 1.165) is 19.4 Å². The van der Waals surface area contributed by atoms with E-state index in [4.69, 9.17) is 0 Å². The summed E-state index contributed by atoms with van der Waals surface area (Å²) >= 11 is 5.36. The number of nitrogens with one attached hydrogen (secondary N) is 1. The van der Waals surface area contributed by atoms with Gasteiger partial charge in [-0.3, -0.25) is 9.69 Å². The first-order valence-electron chi connectivity index (χ1n) is 8.44. The van der Waals surface area contributed by atoms with Gasteiger partial charge in [0.1, 0.15) is 0 Å². The van der Waals surface area contributed by atoms with E-state index in [1.165, 1.54) is 20.2 Å². The molecule has 0 bridgehead atoms. The second-order valence-corrected chi connectivity index (χ2v) is 9.13. The Morgan fingerprint density at radius 2 is 2.00 bits per heavy atom. The van der Waals surface area contributed by atoms with Crippen LogP contribution in [0.5, 0.6) is 0 Å². The molecule has 0 radical (unpaired) electrons. The van der Waals surface area contributed by atoms with E-state index < -0.39 is 0 Å².